The van der Waals surface area contributed by atoms with Crippen LogP contribution < -0.4 is 20.7 Å². The second-order valence-electron chi connectivity index (χ2n) is 10.3. The van der Waals surface area contributed by atoms with Gasteiger partial charge in [-0.1, -0.05) is 49.7 Å². The highest BCUT2D eigenvalue weighted by atomic mass is 35.5. The zero-order chi connectivity index (χ0) is 27.8. The molecule has 2 aliphatic heterocycles. The minimum atomic E-state index is -0.320. The number of anilines is 2. The molecule has 1 unspecified atom stereocenters. The van der Waals surface area contributed by atoms with Crippen LogP contribution in [0.4, 0.5) is 11.8 Å². The lowest BCUT2D eigenvalue weighted by molar-refractivity contribution is 0.182. The SMILES string of the molecule is CCN(CC)C1CN(c2nc(N3CCNC(CC#N)C3)c3cnn(-c4cccc5cccc(Cl)c45)c(=O)c3n2)C1. The van der Waals surface area contributed by atoms with Crippen LogP contribution in [0.5, 0.6) is 0 Å². The number of benzene rings is 2. The molecule has 1 atom stereocenters. The van der Waals surface area contributed by atoms with Gasteiger partial charge in [0, 0.05) is 50.2 Å². The third-order valence-corrected chi connectivity index (χ3v) is 8.35. The molecule has 2 aliphatic rings. The van der Waals surface area contributed by atoms with E-state index in [1.165, 1.54) is 4.68 Å². The predicted octanol–water partition coefficient (Wildman–Crippen LogP) is 3.20. The van der Waals surface area contributed by atoms with Gasteiger partial charge in [-0.15, -0.1) is 0 Å². The quantitative estimate of drug-likeness (QED) is 0.366. The normalized spacial score (nSPS) is 17.9. The van der Waals surface area contributed by atoms with E-state index >= 15 is 0 Å². The summed E-state index contributed by atoms with van der Waals surface area (Å²) in [5.41, 5.74) is 0.610. The summed E-state index contributed by atoms with van der Waals surface area (Å²) in [5.74, 6) is 1.23. The van der Waals surface area contributed by atoms with Gasteiger partial charge in [0.2, 0.25) is 5.95 Å². The zero-order valence-corrected chi connectivity index (χ0v) is 23.5. The molecule has 10 nitrogen and oxygen atoms in total. The molecule has 1 N–H and O–H groups in total. The molecule has 2 saturated heterocycles. The van der Waals surface area contributed by atoms with Crippen LogP contribution in [0.15, 0.2) is 47.4 Å². The highest BCUT2D eigenvalue weighted by Gasteiger charge is 2.34. The van der Waals surface area contributed by atoms with Crippen LogP contribution in [0.25, 0.3) is 27.4 Å². The number of aromatic nitrogens is 4. The molecule has 0 bridgehead atoms. The summed E-state index contributed by atoms with van der Waals surface area (Å²) in [6.07, 6.45) is 2.08. The number of nitrogens with zero attached hydrogens (tertiary/aromatic N) is 8. The number of likely N-dealkylation sites (N-methyl/N-ethyl adjacent to an activating group) is 1. The van der Waals surface area contributed by atoms with E-state index in [0.717, 1.165) is 43.5 Å². The maximum Gasteiger partial charge on any atom is 0.298 e. The molecule has 0 spiro atoms. The number of nitrogens with one attached hydrogen (secondary N) is 1. The van der Waals surface area contributed by atoms with Gasteiger partial charge in [0.25, 0.3) is 5.56 Å². The molecule has 0 aliphatic carbocycles. The largest absolute Gasteiger partial charge is 0.353 e. The van der Waals surface area contributed by atoms with Crippen molar-refractivity contribution in [2.24, 2.45) is 0 Å². The van der Waals surface area contributed by atoms with Gasteiger partial charge in [-0.05, 0) is 30.6 Å². The first-order chi connectivity index (χ1) is 19.5. The molecule has 2 aromatic heterocycles. The fourth-order valence-corrected chi connectivity index (χ4v) is 6.14. The van der Waals surface area contributed by atoms with Crippen molar-refractivity contribution >= 4 is 45.0 Å². The number of hydrogen-bond donors (Lipinski definition) is 1. The van der Waals surface area contributed by atoms with Crippen molar-refractivity contribution < 1.29 is 0 Å². The Morgan fingerprint density at radius 1 is 1.10 bits per heavy atom. The number of fused-ring (bicyclic) bond motifs is 2. The topological polar surface area (TPSA) is 106 Å². The number of halogens is 1. The number of piperazine rings is 1. The monoisotopic (exact) mass is 557 g/mol. The first-order valence-electron chi connectivity index (χ1n) is 13.8. The average molecular weight is 558 g/mol. The first-order valence-corrected chi connectivity index (χ1v) is 14.2. The van der Waals surface area contributed by atoms with Crippen LogP contribution in [-0.4, -0.2) is 82.5 Å². The third-order valence-electron chi connectivity index (χ3n) is 8.04. The minimum Gasteiger partial charge on any atom is -0.353 e. The summed E-state index contributed by atoms with van der Waals surface area (Å²) in [6, 6.07) is 14.1. The fourth-order valence-electron chi connectivity index (χ4n) is 5.86. The van der Waals surface area contributed by atoms with Crippen LogP contribution in [-0.2, 0) is 0 Å². The van der Waals surface area contributed by atoms with E-state index in [-0.39, 0.29) is 11.6 Å². The lowest BCUT2D eigenvalue weighted by Gasteiger charge is -2.45. The van der Waals surface area contributed by atoms with Crippen LogP contribution >= 0.6 is 11.6 Å². The zero-order valence-electron chi connectivity index (χ0n) is 22.7. The molecule has 0 radical (unpaired) electrons. The van der Waals surface area contributed by atoms with E-state index in [1.54, 1.807) is 6.20 Å². The molecule has 4 heterocycles. The summed E-state index contributed by atoms with van der Waals surface area (Å²) < 4.78 is 1.39. The Morgan fingerprint density at radius 3 is 2.62 bits per heavy atom. The van der Waals surface area contributed by atoms with Crippen LogP contribution in [0.1, 0.15) is 20.3 Å². The van der Waals surface area contributed by atoms with Gasteiger partial charge in [-0.3, -0.25) is 9.69 Å². The Morgan fingerprint density at radius 2 is 1.88 bits per heavy atom. The number of rotatable bonds is 7. The van der Waals surface area contributed by atoms with E-state index in [4.69, 9.17) is 21.6 Å². The molecule has 2 fully saturated rings. The van der Waals surface area contributed by atoms with Crippen molar-refractivity contribution in [3.05, 3.63) is 58.0 Å². The number of hydrogen-bond acceptors (Lipinski definition) is 9. The molecular formula is C29H32ClN9O. The molecule has 11 heteroatoms. The highest BCUT2D eigenvalue weighted by Crippen LogP contribution is 2.31. The lowest BCUT2D eigenvalue weighted by atomic mass is 10.1. The Hall–Kier alpha value is -3.78. The Bertz CT molecular complexity index is 1650. The van der Waals surface area contributed by atoms with Gasteiger partial charge in [0.1, 0.15) is 11.3 Å². The molecule has 40 heavy (non-hydrogen) atoms. The Kier molecular flexibility index (Phi) is 7.27. The second kappa shape index (κ2) is 11.0. The van der Waals surface area contributed by atoms with E-state index in [0.29, 0.717) is 58.9 Å². The maximum absolute atomic E-state index is 14.1. The van der Waals surface area contributed by atoms with Gasteiger partial charge in [0.15, 0.2) is 0 Å². The molecule has 2 aromatic carbocycles. The van der Waals surface area contributed by atoms with Crippen LogP contribution in [0, 0.1) is 11.3 Å². The highest BCUT2D eigenvalue weighted by molar-refractivity contribution is 6.36. The first kappa shape index (κ1) is 26.4. The molecule has 6 rings (SSSR count). The van der Waals surface area contributed by atoms with Crippen molar-refractivity contribution in [3.8, 4) is 11.8 Å². The molecule has 0 saturated carbocycles. The Labute approximate surface area is 237 Å². The fraction of sp³-hybridized carbons (Fsp3) is 0.414. The number of nitriles is 1. The van der Waals surface area contributed by atoms with Crippen LogP contribution in [0.2, 0.25) is 5.02 Å². The van der Waals surface area contributed by atoms with Gasteiger partial charge < -0.3 is 15.1 Å². The van der Waals surface area contributed by atoms with Crippen LogP contribution in [0.3, 0.4) is 0 Å². The predicted molar refractivity (Wildman–Crippen MR) is 159 cm³/mol. The van der Waals surface area contributed by atoms with Crippen molar-refractivity contribution in [2.45, 2.75) is 32.4 Å². The minimum absolute atomic E-state index is 0.0226. The van der Waals surface area contributed by atoms with E-state index < -0.39 is 0 Å². The summed E-state index contributed by atoms with van der Waals surface area (Å²) >= 11 is 6.59. The summed E-state index contributed by atoms with van der Waals surface area (Å²) in [6.45, 7) is 9.99. The summed E-state index contributed by atoms with van der Waals surface area (Å²) in [4.78, 5) is 30.7. The van der Waals surface area contributed by atoms with Crippen molar-refractivity contribution in [1.29, 1.82) is 5.26 Å². The third kappa shape index (κ3) is 4.64. The van der Waals surface area contributed by atoms with Gasteiger partial charge in [0.05, 0.1) is 34.8 Å². The second-order valence-corrected chi connectivity index (χ2v) is 10.7. The maximum atomic E-state index is 14.1. The van der Waals surface area contributed by atoms with E-state index in [9.17, 15) is 10.1 Å². The van der Waals surface area contributed by atoms with Gasteiger partial charge in [-0.2, -0.15) is 20.0 Å². The lowest BCUT2D eigenvalue weighted by Crippen LogP contribution is -2.60. The van der Waals surface area contributed by atoms with E-state index in [2.05, 4.69) is 45.0 Å². The molecule has 4 aromatic rings. The van der Waals surface area contributed by atoms with Crippen molar-refractivity contribution in [2.75, 3.05) is 55.6 Å². The van der Waals surface area contributed by atoms with Crippen molar-refractivity contribution in [1.82, 2.24) is 30.0 Å². The van der Waals surface area contributed by atoms with E-state index in [1.807, 2.05) is 36.4 Å². The Balaban J connectivity index is 1.48. The smallest absolute Gasteiger partial charge is 0.298 e. The summed E-state index contributed by atoms with van der Waals surface area (Å²) in [5, 5.41) is 20.1. The van der Waals surface area contributed by atoms with Crippen molar-refractivity contribution in [3.63, 3.8) is 0 Å². The van der Waals surface area contributed by atoms with Gasteiger partial charge >= 0.3 is 0 Å². The average Bonchev–Trinajstić information content (AvgIpc) is 2.95. The summed E-state index contributed by atoms with van der Waals surface area (Å²) in [7, 11) is 0. The van der Waals surface area contributed by atoms with Gasteiger partial charge in [-0.25, -0.2) is 4.98 Å². The molecule has 206 valence electrons. The molecule has 0 amide bonds. The molecular weight excluding hydrogens is 526 g/mol. The standard InChI is InChI=1S/C29H32ClN9O/c1-3-36(4-2)21-17-38(18-21)29-34-26-22(27(35-29)37-14-13-32-20(16-37)11-12-31)15-33-39(28(26)40)24-10-6-8-19-7-5-9-23(30)25(19)24/h5-10,15,20-21,32H,3-4,11,13-14,16-18H2,1-2H3.